The van der Waals surface area contributed by atoms with Crippen LogP contribution in [0.3, 0.4) is 0 Å². The molecule has 2 aliphatic heterocycles. The number of likely N-dealkylation sites (tertiary alicyclic amines) is 1. The maximum atomic E-state index is 12.1. The number of aryl methyl sites for hydroxylation is 2. The molecule has 1 unspecified atom stereocenters. The number of fused-ring (bicyclic) bond motifs is 1. The minimum absolute atomic E-state index is 0.151. The van der Waals surface area contributed by atoms with Gasteiger partial charge in [-0.05, 0) is 71.4 Å². The lowest BCUT2D eigenvalue weighted by Gasteiger charge is -2.42. The zero-order valence-corrected chi connectivity index (χ0v) is 18.5. The van der Waals surface area contributed by atoms with Crippen LogP contribution in [-0.4, -0.2) is 59.8 Å². The predicted molar refractivity (Wildman–Crippen MR) is 115 cm³/mol. The fraction of sp³-hybridized carbons (Fsp3) is 0.739. The average molecular weight is 404 g/mol. The number of carbonyl (C=O) groups is 1. The Balaban J connectivity index is 1.24. The zero-order chi connectivity index (χ0) is 20.9. The van der Waals surface area contributed by atoms with Gasteiger partial charge in [-0.25, -0.2) is 4.98 Å². The van der Waals surface area contributed by atoms with Crippen LogP contribution in [0.4, 0.5) is 5.82 Å². The number of esters is 1. The molecule has 162 valence electrons. The maximum absolute atomic E-state index is 12.1. The van der Waals surface area contributed by atoms with Crippen molar-refractivity contribution in [2.24, 2.45) is 0 Å². The number of anilines is 1. The zero-order valence-electron chi connectivity index (χ0n) is 18.5. The molecule has 1 saturated heterocycles. The number of hydrogen-bond donors (Lipinski definition) is 1. The standard InChI is InChI=1S/C23H37N3O3/c1-17(22(27)29-23(2,3)4)26-15-20(16-26)28-14-7-5-6-10-19-12-11-18-9-8-13-24-21(18)25-19/h11-12,17,20H,5-10,13-16H2,1-4H3,(H,24,25). The Labute approximate surface area is 175 Å². The Hall–Kier alpha value is -1.66. The minimum atomic E-state index is -0.433. The smallest absolute Gasteiger partial charge is 0.323 e. The first-order valence-corrected chi connectivity index (χ1v) is 11.1. The van der Waals surface area contributed by atoms with E-state index in [-0.39, 0.29) is 18.1 Å². The van der Waals surface area contributed by atoms with Gasteiger partial charge in [-0.2, -0.15) is 0 Å². The summed E-state index contributed by atoms with van der Waals surface area (Å²) in [6.45, 7) is 11.1. The van der Waals surface area contributed by atoms with Crippen LogP contribution in [0.15, 0.2) is 12.1 Å². The topological polar surface area (TPSA) is 63.7 Å². The number of aromatic nitrogens is 1. The Morgan fingerprint density at radius 3 is 2.83 bits per heavy atom. The molecule has 29 heavy (non-hydrogen) atoms. The molecule has 0 aromatic carbocycles. The molecule has 0 amide bonds. The van der Waals surface area contributed by atoms with E-state index in [0.29, 0.717) is 0 Å². The number of nitrogens with one attached hydrogen (secondary N) is 1. The van der Waals surface area contributed by atoms with Crippen molar-refractivity contribution in [1.82, 2.24) is 9.88 Å². The van der Waals surface area contributed by atoms with E-state index in [0.717, 1.165) is 64.2 Å². The third kappa shape index (κ3) is 6.68. The molecule has 2 aliphatic rings. The monoisotopic (exact) mass is 403 g/mol. The van der Waals surface area contributed by atoms with Crippen LogP contribution in [-0.2, 0) is 27.1 Å². The van der Waals surface area contributed by atoms with Gasteiger partial charge in [-0.15, -0.1) is 0 Å². The molecular weight excluding hydrogens is 366 g/mol. The number of unbranched alkanes of at least 4 members (excludes halogenated alkanes) is 2. The highest BCUT2D eigenvalue weighted by molar-refractivity contribution is 5.75. The minimum Gasteiger partial charge on any atom is -0.459 e. The molecule has 1 atom stereocenters. The van der Waals surface area contributed by atoms with Crippen LogP contribution >= 0.6 is 0 Å². The Bertz CT molecular complexity index is 680. The molecule has 0 bridgehead atoms. The van der Waals surface area contributed by atoms with E-state index in [1.54, 1.807) is 0 Å². The molecule has 3 rings (SSSR count). The van der Waals surface area contributed by atoms with Gasteiger partial charge >= 0.3 is 5.97 Å². The largest absolute Gasteiger partial charge is 0.459 e. The highest BCUT2D eigenvalue weighted by Crippen LogP contribution is 2.21. The van der Waals surface area contributed by atoms with E-state index >= 15 is 0 Å². The van der Waals surface area contributed by atoms with E-state index in [1.165, 1.54) is 17.7 Å². The summed E-state index contributed by atoms with van der Waals surface area (Å²) in [7, 11) is 0. The Morgan fingerprint density at radius 2 is 2.07 bits per heavy atom. The van der Waals surface area contributed by atoms with Crippen molar-refractivity contribution in [3.05, 3.63) is 23.4 Å². The van der Waals surface area contributed by atoms with E-state index in [2.05, 4.69) is 22.3 Å². The summed E-state index contributed by atoms with van der Waals surface area (Å²) in [6, 6.07) is 4.21. The first kappa shape index (κ1) is 22.0. The number of hydrogen-bond acceptors (Lipinski definition) is 6. The third-order valence-corrected chi connectivity index (χ3v) is 5.55. The van der Waals surface area contributed by atoms with E-state index in [1.807, 2.05) is 27.7 Å². The van der Waals surface area contributed by atoms with Gasteiger partial charge in [0.2, 0.25) is 0 Å². The van der Waals surface area contributed by atoms with E-state index in [4.69, 9.17) is 14.5 Å². The van der Waals surface area contributed by atoms with Gasteiger partial charge in [-0.3, -0.25) is 9.69 Å². The van der Waals surface area contributed by atoms with Gasteiger partial charge in [0.1, 0.15) is 17.5 Å². The summed E-state index contributed by atoms with van der Waals surface area (Å²) in [6.07, 6.45) is 6.97. The van der Waals surface area contributed by atoms with Gasteiger partial charge in [0.15, 0.2) is 0 Å². The summed E-state index contributed by atoms with van der Waals surface area (Å²) in [4.78, 5) is 19.0. The van der Waals surface area contributed by atoms with Gasteiger partial charge in [0.25, 0.3) is 0 Å². The SMILES string of the molecule is CC(C(=O)OC(C)(C)C)N1CC(OCCCCCc2ccc3c(n2)NCCC3)C1. The van der Waals surface area contributed by atoms with Crippen molar-refractivity contribution in [2.45, 2.75) is 84.0 Å². The molecule has 1 N–H and O–H groups in total. The van der Waals surface area contributed by atoms with Gasteiger partial charge in [0, 0.05) is 31.9 Å². The first-order valence-electron chi connectivity index (χ1n) is 11.1. The highest BCUT2D eigenvalue weighted by atomic mass is 16.6. The van der Waals surface area contributed by atoms with Gasteiger partial charge < -0.3 is 14.8 Å². The van der Waals surface area contributed by atoms with Crippen molar-refractivity contribution in [1.29, 1.82) is 0 Å². The number of ether oxygens (including phenoxy) is 2. The summed E-state index contributed by atoms with van der Waals surface area (Å²) >= 11 is 0. The summed E-state index contributed by atoms with van der Waals surface area (Å²) in [5.74, 6) is 0.939. The molecule has 3 heterocycles. The van der Waals surface area contributed by atoms with Crippen LogP contribution in [0.25, 0.3) is 0 Å². The van der Waals surface area contributed by atoms with Crippen LogP contribution in [0.5, 0.6) is 0 Å². The molecule has 0 spiro atoms. The van der Waals surface area contributed by atoms with Crippen LogP contribution in [0, 0.1) is 0 Å². The fourth-order valence-electron chi connectivity index (χ4n) is 3.77. The number of pyridine rings is 1. The Morgan fingerprint density at radius 1 is 1.28 bits per heavy atom. The Kier molecular flexibility index (Phi) is 7.52. The summed E-state index contributed by atoms with van der Waals surface area (Å²) in [5.41, 5.74) is 2.10. The quantitative estimate of drug-likeness (QED) is 0.502. The second-order valence-electron chi connectivity index (χ2n) is 9.31. The predicted octanol–water partition coefficient (Wildman–Crippen LogP) is 3.58. The molecule has 0 saturated carbocycles. The fourth-order valence-corrected chi connectivity index (χ4v) is 3.77. The lowest BCUT2D eigenvalue weighted by atomic mass is 10.1. The molecular formula is C23H37N3O3. The van der Waals surface area contributed by atoms with Crippen molar-refractivity contribution in [3.63, 3.8) is 0 Å². The third-order valence-electron chi connectivity index (χ3n) is 5.55. The van der Waals surface area contributed by atoms with Crippen molar-refractivity contribution >= 4 is 11.8 Å². The van der Waals surface area contributed by atoms with Crippen molar-refractivity contribution < 1.29 is 14.3 Å². The lowest BCUT2D eigenvalue weighted by Crippen LogP contribution is -2.58. The maximum Gasteiger partial charge on any atom is 0.323 e. The molecule has 1 aromatic rings. The second-order valence-corrected chi connectivity index (χ2v) is 9.31. The molecule has 0 radical (unpaired) electrons. The van der Waals surface area contributed by atoms with Crippen LogP contribution < -0.4 is 5.32 Å². The number of nitrogens with zero attached hydrogens (tertiary/aromatic N) is 2. The van der Waals surface area contributed by atoms with Crippen LogP contribution in [0.1, 0.15) is 64.6 Å². The number of carbonyl (C=O) groups excluding carboxylic acids is 1. The molecule has 0 aliphatic carbocycles. The summed E-state index contributed by atoms with van der Waals surface area (Å²) in [5, 5.41) is 3.40. The second kappa shape index (κ2) is 9.90. The normalized spacial score (nSPS) is 18.5. The molecule has 1 fully saturated rings. The lowest BCUT2D eigenvalue weighted by molar-refractivity contribution is -0.166. The van der Waals surface area contributed by atoms with E-state index < -0.39 is 5.60 Å². The molecule has 6 heteroatoms. The average Bonchev–Trinajstić information content (AvgIpc) is 2.63. The molecule has 6 nitrogen and oxygen atoms in total. The first-order chi connectivity index (χ1) is 13.8. The van der Waals surface area contributed by atoms with Crippen LogP contribution in [0.2, 0.25) is 0 Å². The van der Waals surface area contributed by atoms with Gasteiger partial charge in [-0.1, -0.05) is 12.5 Å². The van der Waals surface area contributed by atoms with Crippen molar-refractivity contribution in [2.75, 3.05) is 31.6 Å². The molecule has 1 aromatic heterocycles. The van der Waals surface area contributed by atoms with E-state index in [9.17, 15) is 4.79 Å². The number of rotatable bonds is 9. The highest BCUT2D eigenvalue weighted by Gasteiger charge is 2.35. The van der Waals surface area contributed by atoms with Gasteiger partial charge in [0.05, 0.1) is 6.10 Å². The summed E-state index contributed by atoms with van der Waals surface area (Å²) < 4.78 is 11.4. The van der Waals surface area contributed by atoms with Crippen molar-refractivity contribution in [3.8, 4) is 0 Å².